The predicted octanol–water partition coefficient (Wildman–Crippen LogP) is 3.03. The first-order chi connectivity index (χ1) is 13.9. The highest BCUT2D eigenvalue weighted by atomic mass is 15.1. The van der Waals surface area contributed by atoms with E-state index in [0.29, 0.717) is 6.71 Å². The van der Waals surface area contributed by atoms with Gasteiger partial charge in [0.25, 0.3) is 0 Å². The Morgan fingerprint density at radius 3 is 1.79 bits per heavy atom. The third-order valence-electron chi connectivity index (χ3n) is 6.22. The zero-order chi connectivity index (χ0) is 20.3. The summed E-state index contributed by atoms with van der Waals surface area (Å²) < 4.78 is 4.22. The molecule has 0 aliphatic carbocycles. The number of aryl methyl sites for hydroxylation is 5. The molecule has 5 rings (SSSR count). The monoisotopic (exact) mass is 377 g/mol. The lowest BCUT2D eigenvalue weighted by Crippen LogP contribution is -2.50. The maximum Gasteiger partial charge on any atom is 0.248 e. The van der Waals surface area contributed by atoms with Crippen LogP contribution < -0.4 is 21.0 Å². The van der Waals surface area contributed by atoms with E-state index < -0.39 is 0 Å². The van der Waals surface area contributed by atoms with Gasteiger partial charge in [-0.25, -0.2) is 9.13 Å². The summed E-state index contributed by atoms with van der Waals surface area (Å²) in [4.78, 5) is 0. The number of fused-ring (bicyclic) bond motifs is 3. The molecule has 142 valence electrons. The number of hydrogen-bond acceptors (Lipinski definition) is 0. The molecule has 1 aliphatic heterocycles. The van der Waals surface area contributed by atoms with E-state index in [2.05, 4.69) is 104 Å². The van der Waals surface area contributed by atoms with Gasteiger partial charge in [0.2, 0.25) is 13.0 Å². The lowest BCUT2D eigenvalue weighted by molar-refractivity contribution is -0.670. The van der Waals surface area contributed by atoms with Gasteiger partial charge < -0.3 is 0 Å². The highest BCUT2D eigenvalue weighted by Gasteiger charge is 2.36. The fraction of sp³-hybridized carbons (Fsp3) is 0.192. The van der Waals surface area contributed by atoms with Crippen molar-refractivity contribution in [1.82, 2.24) is 4.57 Å². The highest BCUT2D eigenvalue weighted by Crippen LogP contribution is 2.28. The molecule has 0 amide bonds. The maximum atomic E-state index is 2.37. The second-order valence-electron chi connectivity index (χ2n) is 8.60. The summed E-state index contributed by atoms with van der Waals surface area (Å²) in [5.41, 5.74) is 13.8. The molecule has 0 fully saturated rings. The fourth-order valence-corrected chi connectivity index (χ4v) is 5.09. The minimum Gasteiger partial charge on any atom is -0.239 e. The molecule has 2 heterocycles. The van der Waals surface area contributed by atoms with Gasteiger partial charge in [0.1, 0.15) is 18.1 Å². The van der Waals surface area contributed by atoms with Gasteiger partial charge >= 0.3 is 0 Å². The van der Waals surface area contributed by atoms with Crippen LogP contribution in [0.1, 0.15) is 22.3 Å². The lowest BCUT2D eigenvalue weighted by Gasteiger charge is -2.15. The van der Waals surface area contributed by atoms with Crippen molar-refractivity contribution in [3.63, 3.8) is 0 Å². The van der Waals surface area contributed by atoms with E-state index in [4.69, 9.17) is 0 Å². The van der Waals surface area contributed by atoms with Crippen LogP contribution in [-0.2, 0) is 7.05 Å². The van der Waals surface area contributed by atoms with Crippen molar-refractivity contribution in [1.29, 1.82) is 0 Å². The number of aromatic nitrogens is 2. The molecular weight excluding hydrogens is 351 g/mol. The van der Waals surface area contributed by atoms with Crippen LogP contribution in [0.4, 0.5) is 0 Å². The van der Waals surface area contributed by atoms with Gasteiger partial charge in [-0.3, -0.25) is 0 Å². The quantitative estimate of drug-likeness (QED) is 0.330. The molecule has 1 aliphatic rings. The summed E-state index contributed by atoms with van der Waals surface area (Å²) in [7, 11) is 2.05. The van der Waals surface area contributed by atoms with Crippen molar-refractivity contribution in [2.24, 2.45) is 7.05 Å². The zero-order valence-electron chi connectivity index (χ0n) is 17.8. The minimum absolute atomic E-state index is 0.302. The minimum atomic E-state index is 0.302. The first-order valence-electron chi connectivity index (χ1n) is 10.3. The predicted molar refractivity (Wildman–Crippen MR) is 122 cm³/mol. The topological polar surface area (TPSA) is 8.81 Å². The number of benzene rings is 3. The van der Waals surface area contributed by atoms with Crippen LogP contribution in [0.5, 0.6) is 0 Å². The summed E-state index contributed by atoms with van der Waals surface area (Å²) >= 11 is 0. The van der Waals surface area contributed by atoms with Crippen molar-refractivity contribution >= 4 is 23.1 Å². The Hall–Kier alpha value is -3.07. The van der Waals surface area contributed by atoms with Crippen LogP contribution in [0, 0.1) is 27.7 Å². The Morgan fingerprint density at radius 1 is 0.759 bits per heavy atom. The molecule has 29 heavy (non-hydrogen) atoms. The Labute approximate surface area is 173 Å². The third-order valence-corrected chi connectivity index (χ3v) is 6.22. The van der Waals surface area contributed by atoms with Crippen molar-refractivity contribution in [3.05, 3.63) is 89.5 Å². The number of nitrogens with zero attached hydrogens (tertiary/aromatic N) is 2. The van der Waals surface area contributed by atoms with E-state index in [1.165, 1.54) is 55.5 Å². The molecule has 4 aromatic rings. The lowest BCUT2D eigenvalue weighted by atomic mass is 9.37. The molecule has 0 N–H and O–H groups in total. The highest BCUT2D eigenvalue weighted by molar-refractivity contribution is 6.99. The van der Waals surface area contributed by atoms with Crippen molar-refractivity contribution in [2.75, 3.05) is 0 Å². The molecular formula is C26H26BN2+. The van der Waals surface area contributed by atoms with Crippen molar-refractivity contribution < 1.29 is 4.57 Å². The summed E-state index contributed by atoms with van der Waals surface area (Å²) in [5.74, 6) is 0. The van der Waals surface area contributed by atoms with Crippen LogP contribution in [0.2, 0.25) is 0 Å². The summed E-state index contributed by atoms with van der Waals surface area (Å²) in [6.07, 6.45) is 6.25. The van der Waals surface area contributed by atoms with Crippen molar-refractivity contribution in [3.8, 4) is 16.8 Å². The number of imidazole rings is 1. The van der Waals surface area contributed by atoms with Gasteiger partial charge in [-0.2, -0.15) is 0 Å². The van der Waals surface area contributed by atoms with Gasteiger partial charge in [0.15, 0.2) is 0 Å². The average molecular weight is 377 g/mol. The Kier molecular flexibility index (Phi) is 4.02. The molecule has 0 unspecified atom stereocenters. The summed E-state index contributed by atoms with van der Waals surface area (Å²) in [5, 5.41) is 0. The van der Waals surface area contributed by atoms with E-state index in [1.807, 2.05) is 7.05 Å². The van der Waals surface area contributed by atoms with Crippen LogP contribution in [0.3, 0.4) is 0 Å². The molecule has 0 saturated carbocycles. The zero-order valence-corrected chi connectivity index (χ0v) is 17.8. The molecule has 0 spiro atoms. The van der Waals surface area contributed by atoms with E-state index in [0.717, 1.165) is 0 Å². The first-order valence-corrected chi connectivity index (χ1v) is 10.3. The Balaban J connectivity index is 1.70. The van der Waals surface area contributed by atoms with E-state index >= 15 is 0 Å². The van der Waals surface area contributed by atoms with E-state index in [-0.39, 0.29) is 0 Å². The molecule has 2 nitrogen and oxygen atoms in total. The molecule has 3 aromatic carbocycles. The Bertz CT molecular complexity index is 1190. The average Bonchev–Trinajstić information content (AvgIpc) is 3.24. The largest absolute Gasteiger partial charge is 0.248 e. The van der Waals surface area contributed by atoms with Crippen LogP contribution in [0.25, 0.3) is 16.8 Å². The Morgan fingerprint density at radius 2 is 1.31 bits per heavy atom. The molecule has 0 radical (unpaired) electrons. The number of hydrogen-bond donors (Lipinski definition) is 0. The summed E-state index contributed by atoms with van der Waals surface area (Å²) in [6.45, 7) is 9.24. The van der Waals surface area contributed by atoms with Crippen LogP contribution >= 0.6 is 0 Å². The molecule has 3 heteroatoms. The third kappa shape index (κ3) is 2.84. The van der Waals surface area contributed by atoms with Gasteiger partial charge in [-0.1, -0.05) is 75.0 Å². The maximum absolute atomic E-state index is 2.37. The standard InChI is InChI=1S/C26H26BN2/c1-17-12-19(3)25-23(14-17)24-15-18(2)13-20(4)26(24)27(25)21-6-8-22(9-7-21)29-11-10-28(5)16-29/h6-16H,1-5H3/q+1. The van der Waals surface area contributed by atoms with E-state index in [1.54, 1.807) is 0 Å². The van der Waals surface area contributed by atoms with Crippen molar-refractivity contribution in [2.45, 2.75) is 27.7 Å². The van der Waals surface area contributed by atoms with Crippen LogP contribution in [0.15, 0.2) is 67.3 Å². The number of rotatable bonds is 2. The normalized spacial score (nSPS) is 12.2. The first kappa shape index (κ1) is 18.0. The van der Waals surface area contributed by atoms with Gasteiger partial charge in [0, 0.05) is 0 Å². The molecule has 0 saturated heterocycles. The summed E-state index contributed by atoms with van der Waals surface area (Å²) in [6, 6.07) is 18.5. The SMILES string of the molecule is Cc1cc(C)c2c(c1)-c1cc(C)cc(C)c1B2c1ccc(-n2cc[n+](C)c2)cc1. The fourth-order valence-electron chi connectivity index (χ4n) is 5.09. The molecule has 0 bridgehead atoms. The second-order valence-corrected chi connectivity index (χ2v) is 8.60. The van der Waals surface area contributed by atoms with E-state index in [9.17, 15) is 0 Å². The van der Waals surface area contributed by atoms with Crippen LogP contribution in [-0.4, -0.2) is 11.3 Å². The molecule has 1 aromatic heterocycles. The smallest absolute Gasteiger partial charge is 0.239 e. The molecule has 0 atom stereocenters. The van der Waals surface area contributed by atoms with Gasteiger partial charge in [-0.05, 0) is 51.0 Å². The van der Waals surface area contributed by atoms with Gasteiger partial charge in [0.05, 0.1) is 7.05 Å². The van der Waals surface area contributed by atoms with Gasteiger partial charge in [-0.15, -0.1) is 0 Å². The second kappa shape index (κ2) is 6.48.